The Hall–Kier alpha value is -1.57. The minimum atomic E-state index is 1.11. The first-order valence-electron chi connectivity index (χ1n) is 3.73. The van der Waals surface area contributed by atoms with Crippen molar-refractivity contribution in [1.29, 1.82) is 0 Å². The Kier molecular flexibility index (Phi) is 3.08. The van der Waals surface area contributed by atoms with Gasteiger partial charge in [0.2, 0.25) is 0 Å². The molecule has 2 heteroatoms. The molecule has 0 aliphatic heterocycles. The zero-order valence-corrected chi connectivity index (χ0v) is 6.94. The standard InChI is InChI=1S/C10H11NO/c1-9-4-2-5-10(8-9)6-3-7-11-12/h2-8,12H,1H3. The van der Waals surface area contributed by atoms with Crippen molar-refractivity contribution in [3.05, 3.63) is 41.5 Å². The SMILES string of the molecule is Cc1cccc(C=CC=NO)c1. The van der Waals surface area contributed by atoms with Crippen LogP contribution in [0.15, 0.2) is 35.5 Å². The first kappa shape index (κ1) is 8.53. The van der Waals surface area contributed by atoms with Crippen molar-refractivity contribution in [2.45, 2.75) is 6.92 Å². The molecule has 0 saturated carbocycles. The van der Waals surface area contributed by atoms with E-state index in [1.807, 2.05) is 31.2 Å². The van der Waals surface area contributed by atoms with E-state index in [4.69, 9.17) is 5.21 Å². The fraction of sp³-hybridized carbons (Fsp3) is 0.100. The topological polar surface area (TPSA) is 32.6 Å². The molecule has 0 aliphatic rings. The predicted octanol–water partition coefficient (Wildman–Crippen LogP) is 2.47. The number of rotatable bonds is 2. The molecule has 2 nitrogen and oxygen atoms in total. The highest BCUT2D eigenvalue weighted by molar-refractivity contribution is 5.77. The quantitative estimate of drug-likeness (QED) is 0.403. The van der Waals surface area contributed by atoms with E-state index < -0.39 is 0 Å². The van der Waals surface area contributed by atoms with Crippen LogP contribution < -0.4 is 0 Å². The van der Waals surface area contributed by atoms with E-state index in [2.05, 4.69) is 11.2 Å². The molecule has 0 aliphatic carbocycles. The summed E-state index contributed by atoms with van der Waals surface area (Å²) < 4.78 is 0. The van der Waals surface area contributed by atoms with Gasteiger partial charge in [0.05, 0.1) is 6.21 Å². The lowest BCUT2D eigenvalue weighted by atomic mass is 10.1. The maximum Gasteiger partial charge on any atom is 0.0661 e. The molecule has 1 N–H and O–H groups in total. The maximum absolute atomic E-state index is 8.12. The minimum Gasteiger partial charge on any atom is -0.411 e. The van der Waals surface area contributed by atoms with Crippen LogP contribution >= 0.6 is 0 Å². The van der Waals surface area contributed by atoms with Crippen LogP contribution in [0, 0.1) is 6.92 Å². The van der Waals surface area contributed by atoms with Crippen LogP contribution in [0.25, 0.3) is 6.08 Å². The van der Waals surface area contributed by atoms with Crippen molar-refractivity contribution in [3.63, 3.8) is 0 Å². The van der Waals surface area contributed by atoms with E-state index in [0.29, 0.717) is 0 Å². The molecule has 0 amide bonds. The van der Waals surface area contributed by atoms with E-state index in [1.54, 1.807) is 6.08 Å². The molecule has 0 spiro atoms. The van der Waals surface area contributed by atoms with Crippen LogP contribution in [-0.4, -0.2) is 11.4 Å². The molecule has 1 rings (SSSR count). The zero-order chi connectivity index (χ0) is 8.81. The Balaban J connectivity index is 2.76. The second-order valence-electron chi connectivity index (χ2n) is 2.54. The molecule has 0 fully saturated rings. The van der Waals surface area contributed by atoms with Crippen molar-refractivity contribution in [2.24, 2.45) is 5.16 Å². The normalized spacial score (nSPS) is 11.4. The highest BCUT2D eigenvalue weighted by Crippen LogP contribution is 2.04. The van der Waals surface area contributed by atoms with Crippen LogP contribution in [0.4, 0.5) is 0 Å². The van der Waals surface area contributed by atoms with Crippen molar-refractivity contribution in [2.75, 3.05) is 0 Å². The zero-order valence-electron chi connectivity index (χ0n) is 6.94. The minimum absolute atomic E-state index is 1.11. The first-order valence-corrected chi connectivity index (χ1v) is 3.73. The summed E-state index contributed by atoms with van der Waals surface area (Å²) in [6.45, 7) is 2.04. The van der Waals surface area contributed by atoms with Gasteiger partial charge in [-0.2, -0.15) is 0 Å². The molecule has 0 unspecified atom stereocenters. The van der Waals surface area contributed by atoms with Crippen LogP contribution in [0.5, 0.6) is 0 Å². The number of hydrogen-bond acceptors (Lipinski definition) is 2. The van der Waals surface area contributed by atoms with Gasteiger partial charge in [0.1, 0.15) is 0 Å². The van der Waals surface area contributed by atoms with Crippen LogP contribution in [0.2, 0.25) is 0 Å². The smallest absolute Gasteiger partial charge is 0.0661 e. The fourth-order valence-electron chi connectivity index (χ4n) is 0.966. The number of aryl methyl sites for hydroxylation is 1. The Labute approximate surface area is 71.8 Å². The number of oxime groups is 1. The summed E-state index contributed by atoms with van der Waals surface area (Å²) >= 11 is 0. The third-order valence-corrected chi connectivity index (χ3v) is 1.48. The van der Waals surface area contributed by atoms with Crippen molar-refractivity contribution in [3.8, 4) is 0 Å². The number of nitrogens with zero attached hydrogens (tertiary/aromatic N) is 1. The predicted molar refractivity (Wildman–Crippen MR) is 50.5 cm³/mol. The monoisotopic (exact) mass is 161 g/mol. The van der Waals surface area contributed by atoms with E-state index in [1.165, 1.54) is 11.8 Å². The number of hydrogen-bond donors (Lipinski definition) is 1. The summed E-state index contributed by atoms with van der Waals surface area (Å²) in [5.41, 5.74) is 2.33. The molecule has 1 aromatic carbocycles. The molecule has 12 heavy (non-hydrogen) atoms. The van der Waals surface area contributed by atoms with Crippen LogP contribution in [-0.2, 0) is 0 Å². The highest BCUT2D eigenvalue weighted by Gasteiger charge is 1.85. The molecular weight excluding hydrogens is 150 g/mol. The number of allylic oxidation sites excluding steroid dienone is 1. The molecule has 0 aromatic heterocycles. The molecule has 62 valence electrons. The van der Waals surface area contributed by atoms with Gasteiger partial charge in [-0.25, -0.2) is 0 Å². The van der Waals surface area contributed by atoms with Gasteiger partial charge in [-0.3, -0.25) is 0 Å². The highest BCUT2D eigenvalue weighted by atomic mass is 16.4. The second kappa shape index (κ2) is 4.34. The third kappa shape index (κ3) is 2.58. The van der Waals surface area contributed by atoms with E-state index >= 15 is 0 Å². The summed E-state index contributed by atoms with van der Waals surface area (Å²) in [5.74, 6) is 0. The van der Waals surface area contributed by atoms with Crippen molar-refractivity contribution < 1.29 is 5.21 Å². The van der Waals surface area contributed by atoms with Gasteiger partial charge >= 0.3 is 0 Å². The average molecular weight is 161 g/mol. The van der Waals surface area contributed by atoms with Crippen LogP contribution in [0.3, 0.4) is 0 Å². The summed E-state index contributed by atoms with van der Waals surface area (Å²) in [5, 5.41) is 11.0. The van der Waals surface area contributed by atoms with Gasteiger partial charge in [0.25, 0.3) is 0 Å². The summed E-state index contributed by atoms with van der Waals surface area (Å²) in [7, 11) is 0. The average Bonchev–Trinajstić information content (AvgIpc) is 2.05. The van der Waals surface area contributed by atoms with Gasteiger partial charge in [-0.1, -0.05) is 41.1 Å². The molecule has 0 bridgehead atoms. The van der Waals surface area contributed by atoms with Crippen molar-refractivity contribution in [1.82, 2.24) is 0 Å². The molecule has 1 aromatic rings. The lowest BCUT2D eigenvalue weighted by Gasteiger charge is -1.93. The van der Waals surface area contributed by atoms with Gasteiger partial charge in [0.15, 0.2) is 0 Å². The third-order valence-electron chi connectivity index (χ3n) is 1.48. The van der Waals surface area contributed by atoms with Crippen LogP contribution in [0.1, 0.15) is 11.1 Å². The fourth-order valence-corrected chi connectivity index (χ4v) is 0.966. The molecule has 0 saturated heterocycles. The lowest BCUT2D eigenvalue weighted by Crippen LogP contribution is -1.74. The summed E-state index contributed by atoms with van der Waals surface area (Å²) in [6, 6.07) is 8.08. The molecular formula is C10H11NO. The van der Waals surface area contributed by atoms with Gasteiger partial charge in [0, 0.05) is 0 Å². The molecule has 0 atom stereocenters. The largest absolute Gasteiger partial charge is 0.411 e. The summed E-state index contributed by atoms with van der Waals surface area (Å²) in [4.78, 5) is 0. The Morgan fingerprint density at radius 2 is 2.25 bits per heavy atom. The van der Waals surface area contributed by atoms with Gasteiger partial charge in [-0.05, 0) is 18.6 Å². The Morgan fingerprint density at radius 3 is 2.92 bits per heavy atom. The van der Waals surface area contributed by atoms with E-state index in [0.717, 1.165) is 5.56 Å². The lowest BCUT2D eigenvalue weighted by molar-refractivity contribution is 0.322. The summed E-state index contributed by atoms with van der Waals surface area (Å²) in [6.07, 6.45) is 4.91. The molecule has 0 radical (unpaired) electrons. The Morgan fingerprint density at radius 1 is 1.42 bits per heavy atom. The maximum atomic E-state index is 8.12. The van der Waals surface area contributed by atoms with Gasteiger partial charge < -0.3 is 5.21 Å². The van der Waals surface area contributed by atoms with E-state index in [-0.39, 0.29) is 0 Å². The van der Waals surface area contributed by atoms with E-state index in [9.17, 15) is 0 Å². The Bertz CT molecular complexity index is 302. The second-order valence-corrected chi connectivity index (χ2v) is 2.54. The van der Waals surface area contributed by atoms with Gasteiger partial charge in [-0.15, -0.1) is 0 Å². The first-order chi connectivity index (χ1) is 5.83. The number of benzene rings is 1. The van der Waals surface area contributed by atoms with Crippen molar-refractivity contribution >= 4 is 12.3 Å². The molecule has 0 heterocycles.